The average Bonchev–Trinajstić information content (AvgIpc) is 3.13. The number of thiophene rings is 1. The van der Waals surface area contributed by atoms with Gasteiger partial charge in [-0.25, -0.2) is 4.98 Å². The molecule has 152 valence electrons. The molecule has 6 heteroatoms. The number of fused-ring (bicyclic) bond motifs is 3. The SMILES string of the molecule is CN1CCN(C2CCc3c(sc4ncn(CCc5ccccc5)c(=O)c34)C2)CC1. The van der Waals surface area contributed by atoms with Gasteiger partial charge in [0.1, 0.15) is 4.83 Å². The molecular weight excluding hydrogens is 380 g/mol. The summed E-state index contributed by atoms with van der Waals surface area (Å²) >= 11 is 1.74. The van der Waals surface area contributed by atoms with Gasteiger partial charge in [-0.05, 0) is 43.9 Å². The van der Waals surface area contributed by atoms with Crippen LogP contribution in [0.25, 0.3) is 10.2 Å². The topological polar surface area (TPSA) is 41.4 Å². The first-order valence-corrected chi connectivity index (χ1v) is 11.5. The summed E-state index contributed by atoms with van der Waals surface area (Å²) in [4.78, 5) is 25.3. The van der Waals surface area contributed by atoms with Crippen LogP contribution < -0.4 is 5.56 Å². The maximum atomic E-state index is 13.2. The number of nitrogens with zero attached hydrogens (tertiary/aromatic N) is 4. The molecule has 1 aromatic carbocycles. The lowest BCUT2D eigenvalue weighted by Crippen LogP contribution is -2.50. The molecule has 1 fully saturated rings. The van der Waals surface area contributed by atoms with Crippen LogP contribution in [0, 0.1) is 0 Å². The molecule has 0 amide bonds. The summed E-state index contributed by atoms with van der Waals surface area (Å²) in [6.45, 7) is 5.31. The van der Waals surface area contributed by atoms with Crippen molar-refractivity contribution in [2.24, 2.45) is 0 Å². The Morgan fingerprint density at radius 1 is 1.14 bits per heavy atom. The van der Waals surface area contributed by atoms with Crippen molar-refractivity contribution in [3.63, 3.8) is 0 Å². The van der Waals surface area contributed by atoms with Crippen molar-refractivity contribution >= 4 is 21.6 Å². The lowest BCUT2D eigenvalue weighted by Gasteiger charge is -2.39. The number of rotatable bonds is 4. The minimum atomic E-state index is 0.140. The van der Waals surface area contributed by atoms with Gasteiger partial charge in [0, 0.05) is 43.6 Å². The molecule has 0 saturated carbocycles. The second-order valence-electron chi connectivity index (χ2n) is 8.40. The normalized spacial score (nSPS) is 20.8. The molecule has 0 bridgehead atoms. The van der Waals surface area contributed by atoms with Crippen LogP contribution >= 0.6 is 11.3 Å². The Kier molecular flexibility index (Phi) is 5.24. The van der Waals surface area contributed by atoms with Gasteiger partial charge in [-0.2, -0.15) is 0 Å². The van der Waals surface area contributed by atoms with Gasteiger partial charge in [-0.15, -0.1) is 11.3 Å². The highest BCUT2D eigenvalue weighted by Crippen LogP contribution is 2.35. The van der Waals surface area contributed by atoms with Crippen LogP contribution in [0.4, 0.5) is 0 Å². The third-order valence-electron chi connectivity index (χ3n) is 6.55. The summed E-state index contributed by atoms with van der Waals surface area (Å²) in [7, 11) is 2.21. The zero-order valence-corrected chi connectivity index (χ0v) is 17.8. The van der Waals surface area contributed by atoms with Crippen LogP contribution in [0.2, 0.25) is 0 Å². The quantitative estimate of drug-likeness (QED) is 0.666. The summed E-state index contributed by atoms with van der Waals surface area (Å²) in [6, 6.07) is 11.0. The molecule has 1 atom stereocenters. The second-order valence-corrected chi connectivity index (χ2v) is 9.48. The van der Waals surface area contributed by atoms with Gasteiger partial charge in [0.05, 0.1) is 11.7 Å². The molecule has 29 heavy (non-hydrogen) atoms. The molecule has 2 aromatic heterocycles. The van der Waals surface area contributed by atoms with Gasteiger partial charge in [0.15, 0.2) is 0 Å². The average molecular weight is 409 g/mol. The standard InChI is InChI=1S/C23H28N4OS/c1-25-11-13-26(14-12-25)18-7-8-19-20(15-18)29-22-21(19)23(28)27(16-24-22)10-9-17-5-3-2-4-6-17/h2-6,16,18H,7-15H2,1H3. The number of aromatic nitrogens is 2. The summed E-state index contributed by atoms with van der Waals surface area (Å²) < 4.78 is 1.80. The molecule has 1 aliphatic heterocycles. The van der Waals surface area contributed by atoms with Gasteiger partial charge >= 0.3 is 0 Å². The molecule has 0 radical (unpaired) electrons. The highest BCUT2D eigenvalue weighted by Gasteiger charge is 2.29. The molecule has 1 unspecified atom stereocenters. The Morgan fingerprint density at radius 3 is 2.72 bits per heavy atom. The third-order valence-corrected chi connectivity index (χ3v) is 7.71. The van der Waals surface area contributed by atoms with Gasteiger partial charge in [-0.3, -0.25) is 14.3 Å². The predicted molar refractivity (Wildman–Crippen MR) is 119 cm³/mol. The number of likely N-dealkylation sites (N-methyl/N-ethyl adjacent to an activating group) is 1. The monoisotopic (exact) mass is 408 g/mol. The lowest BCUT2D eigenvalue weighted by molar-refractivity contribution is 0.104. The number of hydrogen-bond donors (Lipinski definition) is 0. The predicted octanol–water partition coefficient (Wildman–Crippen LogP) is 2.81. The van der Waals surface area contributed by atoms with Gasteiger partial charge < -0.3 is 4.90 Å². The molecule has 1 saturated heterocycles. The third kappa shape index (κ3) is 3.77. The van der Waals surface area contributed by atoms with E-state index in [1.807, 2.05) is 18.2 Å². The fraction of sp³-hybridized carbons (Fsp3) is 0.478. The van der Waals surface area contributed by atoms with Crippen molar-refractivity contribution in [2.75, 3.05) is 33.2 Å². The largest absolute Gasteiger partial charge is 0.304 e. The first-order valence-electron chi connectivity index (χ1n) is 10.7. The van der Waals surface area contributed by atoms with Crippen molar-refractivity contribution in [2.45, 2.75) is 38.3 Å². The Morgan fingerprint density at radius 2 is 1.93 bits per heavy atom. The van der Waals surface area contributed by atoms with E-state index in [0.717, 1.165) is 62.1 Å². The Bertz CT molecular complexity index is 1050. The number of piperazine rings is 1. The minimum Gasteiger partial charge on any atom is -0.304 e. The molecule has 0 spiro atoms. The molecule has 3 aromatic rings. The van der Waals surface area contributed by atoms with Crippen LogP contribution in [0.15, 0.2) is 41.5 Å². The fourth-order valence-electron chi connectivity index (χ4n) is 4.74. The van der Waals surface area contributed by atoms with E-state index in [1.54, 1.807) is 22.2 Å². The van der Waals surface area contributed by atoms with Crippen molar-refractivity contribution in [1.82, 2.24) is 19.4 Å². The lowest BCUT2D eigenvalue weighted by atomic mass is 9.91. The Labute approximate surface area is 175 Å². The number of benzene rings is 1. The molecule has 3 heterocycles. The first kappa shape index (κ1) is 19.0. The molecule has 2 aliphatic rings. The maximum Gasteiger partial charge on any atom is 0.262 e. The zero-order chi connectivity index (χ0) is 19.8. The van der Waals surface area contributed by atoms with Crippen molar-refractivity contribution in [3.8, 4) is 0 Å². The zero-order valence-electron chi connectivity index (χ0n) is 17.0. The minimum absolute atomic E-state index is 0.140. The van der Waals surface area contributed by atoms with E-state index in [-0.39, 0.29) is 5.56 Å². The summed E-state index contributed by atoms with van der Waals surface area (Å²) in [5.74, 6) is 0. The van der Waals surface area contributed by atoms with E-state index in [0.29, 0.717) is 12.6 Å². The van der Waals surface area contributed by atoms with Crippen molar-refractivity contribution in [1.29, 1.82) is 0 Å². The van der Waals surface area contributed by atoms with Crippen LogP contribution in [-0.2, 0) is 25.8 Å². The highest BCUT2D eigenvalue weighted by molar-refractivity contribution is 7.18. The van der Waals surface area contributed by atoms with Crippen LogP contribution in [0.1, 0.15) is 22.4 Å². The first-order chi connectivity index (χ1) is 14.2. The summed E-state index contributed by atoms with van der Waals surface area (Å²) in [5, 5.41) is 0.886. The molecule has 1 aliphatic carbocycles. The fourth-order valence-corrected chi connectivity index (χ4v) is 5.98. The van der Waals surface area contributed by atoms with Crippen molar-refractivity contribution < 1.29 is 0 Å². The van der Waals surface area contributed by atoms with Crippen LogP contribution in [-0.4, -0.2) is 58.6 Å². The van der Waals surface area contributed by atoms with Crippen molar-refractivity contribution in [3.05, 3.63) is 63.0 Å². The summed E-state index contributed by atoms with van der Waals surface area (Å²) in [6.07, 6.45) is 5.83. The molecule has 5 rings (SSSR count). The number of aryl methyl sites for hydroxylation is 3. The van der Waals surface area contributed by atoms with E-state index in [2.05, 4.69) is 34.0 Å². The Balaban J connectivity index is 1.37. The van der Waals surface area contributed by atoms with Crippen LogP contribution in [0.3, 0.4) is 0 Å². The second kappa shape index (κ2) is 8.01. The van der Waals surface area contributed by atoms with Gasteiger partial charge in [-0.1, -0.05) is 30.3 Å². The van der Waals surface area contributed by atoms with Crippen LogP contribution in [0.5, 0.6) is 0 Å². The molecule has 5 nitrogen and oxygen atoms in total. The smallest absolute Gasteiger partial charge is 0.262 e. The van der Waals surface area contributed by atoms with E-state index < -0.39 is 0 Å². The van der Waals surface area contributed by atoms with Gasteiger partial charge in [0.25, 0.3) is 5.56 Å². The summed E-state index contributed by atoms with van der Waals surface area (Å²) in [5.41, 5.74) is 2.67. The van der Waals surface area contributed by atoms with E-state index >= 15 is 0 Å². The maximum absolute atomic E-state index is 13.2. The van der Waals surface area contributed by atoms with E-state index in [4.69, 9.17) is 0 Å². The van der Waals surface area contributed by atoms with Gasteiger partial charge in [0.2, 0.25) is 0 Å². The Hall–Kier alpha value is -2.02. The van der Waals surface area contributed by atoms with E-state index in [9.17, 15) is 4.79 Å². The number of hydrogen-bond acceptors (Lipinski definition) is 5. The highest BCUT2D eigenvalue weighted by atomic mass is 32.1. The molecular formula is C23H28N4OS. The molecule has 0 N–H and O–H groups in total. The van der Waals surface area contributed by atoms with E-state index in [1.165, 1.54) is 16.0 Å².